The predicted molar refractivity (Wildman–Crippen MR) is 102 cm³/mol. The summed E-state index contributed by atoms with van der Waals surface area (Å²) in [5.41, 5.74) is 1.09. The molecular weight excluding hydrogens is 378 g/mol. The summed E-state index contributed by atoms with van der Waals surface area (Å²) in [5, 5.41) is 2.54. The molecule has 0 fully saturated rings. The van der Waals surface area contributed by atoms with Crippen molar-refractivity contribution in [2.45, 2.75) is 12.5 Å². The maximum Gasteiger partial charge on any atom is 0.338 e. The Kier molecular flexibility index (Phi) is 6.67. The number of methoxy groups -OCH3 is 1. The topological polar surface area (TPSA) is 100 Å². The van der Waals surface area contributed by atoms with Crippen LogP contribution in [-0.4, -0.2) is 50.8 Å². The normalized spacial score (nSPS) is 13.1. The van der Waals surface area contributed by atoms with Crippen molar-refractivity contribution in [2.24, 2.45) is 0 Å². The number of hydrogen-bond donors (Lipinski definition) is 1. The van der Waals surface area contributed by atoms with Gasteiger partial charge in [0, 0.05) is 6.42 Å². The fraction of sp³-hybridized carbons (Fsp3) is 0.286. The third-order valence-corrected chi connectivity index (χ3v) is 4.22. The molecule has 0 saturated carbocycles. The molecule has 1 N–H and O–H groups in total. The zero-order valence-corrected chi connectivity index (χ0v) is 15.9. The van der Waals surface area contributed by atoms with E-state index in [2.05, 4.69) is 5.32 Å². The summed E-state index contributed by atoms with van der Waals surface area (Å²) >= 11 is 0. The number of esters is 2. The summed E-state index contributed by atoms with van der Waals surface area (Å²) in [6, 6.07) is 12.9. The summed E-state index contributed by atoms with van der Waals surface area (Å²) in [6.45, 7) is 0.307. The van der Waals surface area contributed by atoms with Crippen molar-refractivity contribution in [3.63, 3.8) is 0 Å². The lowest BCUT2D eigenvalue weighted by atomic mass is 10.1. The van der Waals surface area contributed by atoms with Gasteiger partial charge in [0.1, 0.15) is 19.3 Å². The number of rotatable bonds is 7. The van der Waals surface area contributed by atoms with Crippen molar-refractivity contribution >= 4 is 17.8 Å². The van der Waals surface area contributed by atoms with Gasteiger partial charge in [-0.2, -0.15) is 0 Å². The van der Waals surface area contributed by atoms with Crippen molar-refractivity contribution in [1.82, 2.24) is 5.32 Å². The summed E-state index contributed by atoms with van der Waals surface area (Å²) in [7, 11) is 1.24. The minimum absolute atomic E-state index is 0.232. The first-order valence-corrected chi connectivity index (χ1v) is 9.04. The van der Waals surface area contributed by atoms with Crippen molar-refractivity contribution in [2.75, 3.05) is 26.9 Å². The number of hydrogen-bond acceptors (Lipinski definition) is 7. The van der Waals surface area contributed by atoms with Crippen LogP contribution in [-0.2, 0) is 25.5 Å². The van der Waals surface area contributed by atoms with E-state index in [0.717, 1.165) is 5.56 Å². The molecule has 1 amide bonds. The molecule has 1 atom stereocenters. The van der Waals surface area contributed by atoms with Crippen molar-refractivity contribution in [3.8, 4) is 11.5 Å². The zero-order chi connectivity index (χ0) is 20.6. The molecule has 1 aliphatic rings. The summed E-state index contributed by atoms with van der Waals surface area (Å²) in [6.07, 6.45) is 0.259. The average Bonchev–Trinajstić information content (AvgIpc) is 2.76. The van der Waals surface area contributed by atoms with Gasteiger partial charge in [-0.25, -0.2) is 9.59 Å². The third kappa shape index (κ3) is 5.47. The SMILES string of the molecule is COC(=O)[C@@H](Cc1ccccc1)NC(=O)COC(=O)c1ccc2c(c1)OCCO2. The highest BCUT2D eigenvalue weighted by Gasteiger charge is 2.23. The van der Waals surface area contributed by atoms with E-state index in [1.807, 2.05) is 30.3 Å². The molecule has 8 heteroatoms. The van der Waals surface area contributed by atoms with Crippen molar-refractivity contribution < 1.29 is 33.3 Å². The molecule has 1 heterocycles. The van der Waals surface area contributed by atoms with E-state index in [-0.39, 0.29) is 12.0 Å². The standard InChI is InChI=1S/C21H21NO7/c1-26-21(25)16(11-14-5-3-2-4-6-14)22-19(23)13-29-20(24)15-7-8-17-18(12-15)28-10-9-27-17/h2-8,12,16H,9-11,13H2,1H3,(H,22,23)/t16-/m1/s1. The largest absolute Gasteiger partial charge is 0.486 e. The van der Waals surface area contributed by atoms with Gasteiger partial charge in [0.05, 0.1) is 12.7 Å². The van der Waals surface area contributed by atoms with E-state index < -0.39 is 30.5 Å². The van der Waals surface area contributed by atoms with Crippen molar-refractivity contribution in [1.29, 1.82) is 0 Å². The van der Waals surface area contributed by atoms with Crippen LogP contribution >= 0.6 is 0 Å². The van der Waals surface area contributed by atoms with E-state index in [1.54, 1.807) is 6.07 Å². The molecule has 3 rings (SSSR count). The molecule has 2 aromatic carbocycles. The summed E-state index contributed by atoms with van der Waals surface area (Å²) in [5.74, 6) is -0.881. The second-order valence-corrected chi connectivity index (χ2v) is 6.27. The van der Waals surface area contributed by atoms with Gasteiger partial charge in [0.15, 0.2) is 18.1 Å². The van der Waals surface area contributed by atoms with E-state index in [0.29, 0.717) is 24.7 Å². The maximum absolute atomic E-state index is 12.2. The molecule has 0 aromatic heterocycles. The molecule has 0 spiro atoms. The number of amides is 1. The van der Waals surface area contributed by atoms with Crippen molar-refractivity contribution in [3.05, 3.63) is 59.7 Å². The molecule has 152 valence electrons. The van der Waals surface area contributed by atoms with Crippen LogP contribution in [0.5, 0.6) is 11.5 Å². The van der Waals surface area contributed by atoms with E-state index in [9.17, 15) is 14.4 Å². The maximum atomic E-state index is 12.2. The van der Waals surface area contributed by atoms with E-state index in [1.165, 1.54) is 19.2 Å². The molecule has 8 nitrogen and oxygen atoms in total. The molecular formula is C21H21NO7. The Bertz CT molecular complexity index is 882. The fourth-order valence-corrected chi connectivity index (χ4v) is 2.81. The number of ether oxygens (including phenoxy) is 4. The third-order valence-electron chi connectivity index (χ3n) is 4.22. The Hall–Kier alpha value is -3.55. The highest BCUT2D eigenvalue weighted by atomic mass is 16.6. The minimum atomic E-state index is -0.886. The van der Waals surface area contributed by atoms with Gasteiger partial charge in [-0.3, -0.25) is 4.79 Å². The first-order chi connectivity index (χ1) is 14.1. The first-order valence-electron chi connectivity index (χ1n) is 9.04. The lowest BCUT2D eigenvalue weighted by Crippen LogP contribution is -2.44. The number of nitrogens with one attached hydrogen (secondary N) is 1. The van der Waals surface area contributed by atoms with E-state index in [4.69, 9.17) is 18.9 Å². The number of carbonyl (C=O) groups excluding carboxylic acids is 3. The van der Waals surface area contributed by atoms with Crippen LogP contribution in [0.4, 0.5) is 0 Å². The van der Waals surface area contributed by atoms with Gasteiger partial charge in [0.25, 0.3) is 5.91 Å². The average molecular weight is 399 g/mol. The predicted octanol–water partition coefficient (Wildman–Crippen LogP) is 1.52. The first kappa shape index (κ1) is 20.2. The zero-order valence-electron chi connectivity index (χ0n) is 15.9. The number of carbonyl (C=O) groups is 3. The van der Waals surface area contributed by atoms with Gasteiger partial charge in [-0.15, -0.1) is 0 Å². The Morgan fingerprint density at radius 3 is 2.48 bits per heavy atom. The molecule has 2 aromatic rings. The van der Waals surface area contributed by atoms with Gasteiger partial charge in [-0.1, -0.05) is 30.3 Å². The van der Waals surface area contributed by atoms with Gasteiger partial charge in [-0.05, 0) is 23.8 Å². The molecule has 0 bridgehead atoms. The van der Waals surface area contributed by atoms with Gasteiger partial charge >= 0.3 is 11.9 Å². The van der Waals surface area contributed by atoms with Gasteiger partial charge < -0.3 is 24.3 Å². The second kappa shape index (κ2) is 9.59. The Morgan fingerprint density at radius 1 is 1.03 bits per heavy atom. The lowest BCUT2D eigenvalue weighted by molar-refractivity contribution is -0.145. The lowest BCUT2D eigenvalue weighted by Gasteiger charge is -2.18. The summed E-state index contributed by atoms with van der Waals surface area (Å²) < 4.78 is 20.6. The molecule has 0 saturated heterocycles. The Morgan fingerprint density at radius 2 is 1.76 bits per heavy atom. The Labute approximate surface area is 167 Å². The highest BCUT2D eigenvalue weighted by Crippen LogP contribution is 2.30. The van der Waals surface area contributed by atoms with Crippen LogP contribution in [0.3, 0.4) is 0 Å². The molecule has 1 aliphatic heterocycles. The van der Waals surface area contributed by atoms with Crippen LogP contribution in [0.25, 0.3) is 0 Å². The smallest absolute Gasteiger partial charge is 0.338 e. The molecule has 0 radical (unpaired) electrons. The molecule has 29 heavy (non-hydrogen) atoms. The second-order valence-electron chi connectivity index (χ2n) is 6.27. The number of fused-ring (bicyclic) bond motifs is 1. The van der Waals surface area contributed by atoms with Gasteiger partial charge in [0.2, 0.25) is 0 Å². The quantitative estimate of drug-likeness (QED) is 0.705. The van der Waals surface area contributed by atoms with Crippen LogP contribution in [0, 0.1) is 0 Å². The molecule has 0 aliphatic carbocycles. The fourth-order valence-electron chi connectivity index (χ4n) is 2.81. The van der Waals surface area contributed by atoms with Crippen LogP contribution in [0.15, 0.2) is 48.5 Å². The van der Waals surface area contributed by atoms with E-state index >= 15 is 0 Å². The Balaban J connectivity index is 1.55. The summed E-state index contributed by atoms with van der Waals surface area (Å²) in [4.78, 5) is 36.4. The monoisotopic (exact) mass is 399 g/mol. The van der Waals surface area contributed by atoms with Crippen LogP contribution in [0.2, 0.25) is 0 Å². The van der Waals surface area contributed by atoms with Crippen LogP contribution in [0.1, 0.15) is 15.9 Å². The minimum Gasteiger partial charge on any atom is -0.486 e. The highest BCUT2D eigenvalue weighted by molar-refractivity contribution is 5.92. The molecule has 0 unspecified atom stereocenters. The van der Waals surface area contributed by atoms with Crippen LogP contribution < -0.4 is 14.8 Å². The number of benzene rings is 2.